The fraction of sp³-hybridized carbons (Fsp3) is 0.727. The Morgan fingerprint density at radius 2 is 2.08 bits per heavy atom. The van der Waals surface area contributed by atoms with Gasteiger partial charge in [0.1, 0.15) is 0 Å². The lowest BCUT2D eigenvalue weighted by molar-refractivity contribution is 0.395. The lowest BCUT2D eigenvalue weighted by atomic mass is 10.2. The van der Waals surface area contributed by atoms with E-state index in [-0.39, 0.29) is 0 Å². The third-order valence-corrected chi connectivity index (χ3v) is 1.61. The summed E-state index contributed by atoms with van der Waals surface area (Å²) in [5.41, 5.74) is 2.92. The van der Waals surface area contributed by atoms with Crippen molar-refractivity contribution in [2.75, 3.05) is 27.2 Å². The van der Waals surface area contributed by atoms with E-state index >= 15 is 0 Å². The van der Waals surface area contributed by atoms with E-state index in [0.717, 1.165) is 13.0 Å². The molecule has 0 unspecified atom stereocenters. The number of nitrogens with zero attached hydrogens (tertiary/aromatic N) is 2. The number of rotatable bonds is 6. The van der Waals surface area contributed by atoms with Crippen LogP contribution in [0.5, 0.6) is 0 Å². The van der Waals surface area contributed by atoms with Crippen molar-refractivity contribution in [3.05, 3.63) is 11.8 Å². The van der Waals surface area contributed by atoms with Crippen LogP contribution in [0.1, 0.15) is 26.2 Å². The van der Waals surface area contributed by atoms with Crippen molar-refractivity contribution in [3.63, 3.8) is 0 Å². The van der Waals surface area contributed by atoms with Gasteiger partial charge in [-0.05, 0) is 52.9 Å². The van der Waals surface area contributed by atoms with Crippen LogP contribution in [0.15, 0.2) is 16.8 Å². The number of unbranched alkanes of at least 4 members (excludes halogenated alkanes) is 2. The third-order valence-electron chi connectivity index (χ3n) is 1.61. The van der Waals surface area contributed by atoms with Gasteiger partial charge in [0.25, 0.3) is 0 Å². The molecule has 0 rings (SSSR count). The Morgan fingerprint density at radius 3 is 2.69 bits per heavy atom. The molecule has 0 aromatic rings. The van der Waals surface area contributed by atoms with Crippen molar-refractivity contribution in [1.29, 1.82) is 0 Å². The highest BCUT2D eigenvalue weighted by Gasteiger charge is 1.88. The first kappa shape index (κ1) is 12.2. The van der Waals surface area contributed by atoms with Crippen LogP contribution in [0, 0.1) is 0 Å². The van der Waals surface area contributed by atoms with E-state index in [2.05, 4.69) is 35.6 Å². The Balaban J connectivity index is 3.35. The Labute approximate surface area is 81.7 Å². The maximum atomic E-state index is 3.92. The molecular formula is C11H20N2. The second-order valence-electron chi connectivity index (χ2n) is 3.23. The predicted octanol–water partition coefficient (Wildman–Crippen LogP) is 2.12. The van der Waals surface area contributed by atoms with Crippen molar-refractivity contribution in [2.45, 2.75) is 26.2 Å². The molecule has 0 radical (unpaired) electrons. The molecule has 0 aliphatic rings. The van der Waals surface area contributed by atoms with Crippen LogP contribution in [0.2, 0.25) is 0 Å². The molecule has 0 fully saturated rings. The van der Waals surface area contributed by atoms with Crippen molar-refractivity contribution >= 4 is 5.87 Å². The van der Waals surface area contributed by atoms with Gasteiger partial charge in [0.15, 0.2) is 0 Å². The monoisotopic (exact) mass is 180 g/mol. The van der Waals surface area contributed by atoms with Gasteiger partial charge in [-0.3, -0.25) is 0 Å². The van der Waals surface area contributed by atoms with Crippen LogP contribution in [-0.4, -0.2) is 38.0 Å². The zero-order chi connectivity index (χ0) is 9.94. The largest absolute Gasteiger partial charge is 0.309 e. The van der Waals surface area contributed by atoms with Gasteiger partial charge in [-0.2, -0.15) is 0 Å². The highest BCUT2D eigenvalue weighted by Crippen LogP contribution is 1.95. The number of aliphatic imine (C=N–C) groups is 1. The van der Waals surface area contributed by atoms with Gasteiger partial charge in [-0.15, -0.1) is 0 Å². The molecule has 2 heteroatoms. The van der Waals surface area contributed by atoms with Crippen LogP contribution in [0.25, 0.3) is 0 Å². The maximum absolute atomic E-state index is 3.92. The first-order chi connectivity index (χ1) is 6.27. The summed E-state index contributed by atoms with van der Waals surface area (Å²) in [6.45, 7) is 3.95. The van der Waals surface area contributed by atoms with Crippen molar-refractivity contribution in [2.24, 2.45) is 4.99 Å². The highest BCUT2D eigenvalue weighted by molar-refractivity contribution is 5.50. The summed E-state index contributed by atoms with van der Waals surface area (Å²) in [6, 6.07) is 0. The summed E-state index contributed by atoms with van der Waals surface area (Å²) in [4.78, 5) is 6.12. The van der Waals surface area contributed by atoms with Crippen molar-refractivity contribution < 1.29 is 0 Å². The standard InChI is InChI=1S/C11H20N2/c1-4-12-10-8-6-5-7-9-11-13(2)3/h6H,4-5,7,9,11H2,1-3H3. The molecule has 0 atom stereocenters. The minimum Gasteiger partial charge on any atom is -0.309 e. The predicted molar refractivity (Wildman–Crippen MR) is 58.5 cm³/mol. The van der Waals surface area contributed by atoms with Gasteiger partial charge in [0.05, 0.1) is 0 Å². The summed E-state index contributed by atoms with van der Waals surface area (Å²) in [6.07, 6.45) is 5.56. The zero-order valence-corrected chi connectivity index (χ0v) is 9.01. The quantitative estimate of drug-likeness (QED) is 0.347. The second kappa shape index (κ2) is 9.28. The van der Waals surface area contributed by atoms with Gasteiger partial charge in [0.2, 0.25) is 0 Å². The summed E-state index contributed by atoms with van der Waals surface area (Å²) in [7, 11) is 4.20. The summed E-state index contributed by atoms with van der Waals surface area (Å²) in [5.74, 6) is 2.74. The van der Waals surface area contributed by atoms with E-state index in [1.54, 1.807) is 0 Å². The molecular weight excluding hydrogens is 160 g/mol. The number of hydrogen-bond donors (Lipinski definition) is 0. The van der Waals surface area contributed by atoms with E-state index < -0.39 is 0 Å². The van der Waals surface area contributed by atoms with Gasteiger partial charge in [-0.1, -0.05) is 5.73 Å². The molecule has 0 aromatic heterocycles. The minimum absolute atomic E-state index is 0.793. The average molecular weight is 180 g/mol. The van der Waals surface area contributed by atoms with Gasteiger partial charge in [0, 0.05) is 12.4 Å². The second-order valence-corrected chi connectivity index (χ2v) is 3.23. The van der Waals surface area contributed by atoms with Crippen molar-refractivity contribution in [1.82, 2.24) is 4.90 Å². The molecule has 13 heavy (non-hydrogen) atoms. The number of hydrogen-bond acceptors (Lipinski definition) is 2. The Bertz CT molecular complexity index is 194. The SMILES string of the molecule is CCN=C=C=CCCCCN(C)C. The molecule has 0 spiro atoms. The van der Waals surface area contributed by atoms with E-state index in [0.29, 0.717) is 0 Å². The lowest BCUT2D eigenvalue weighted by Gasteiger charge is -2.06. The summed E-state index contributed by atoms with van der Waals surface area (Å²) >= 11 is 0. The molecule has 0 aliphatic heterocycles. The molecule has 0 aromatic carbocycles. The van der Waals surface area contributed by atoms with Gasteiger partial charge >= 0.3 is 0 Å². The molecule has 0 bridgehead atoms. The Kier molecular flexibility index (Phi) is 8.70. The molecule has 0 saturated heterocycles. The van der Waals surface area contributed by atoms with E-state index in [1.165, 1.54) is 19.4 Å². The smallest absolute Gasteiger partial charge is 0.0462 e. The number of allylic oxidation sites excluding steroid dienone is 1. The minimum atomic E-state index is 0.793. The van der Waals surface area contributed by atoms with Crippen molar-refractivity contribution in [3.8, 4) is 0 Å². The van der Waals surface area contributed by atoms with Gasteiger partial charge in [-0.25, -0.2) is 4.99 Å². The topological polar surface area (TPSA) is 15.6 Å². The normalized spacial score (nSPS) is 9.23. The first-order valence-corrected chi connectivity index (χ1v) is 4.90. The Hall–Kier alpha value is -0.810. The van der Waals surface area contributed by atoms with Crippen LogP contribution in [-0.2, 0) is 0 Å². The van der Waals surface area contributed by atoms with Crippen LogP contribution in [0.3, 0.4) is 0 Å². The average Bonchev–Trinajstić information content (AvgIpc) is 2.09. The fourth-order valence-corrected chi connectivity index (χ4v) is 0.917. The van der Waals surface area contributed by atoms with Gasteiger partial charge < -0.3 is 4.90 Å². The van der Waals surface area contributed by atoms with Crippen LogP contribution >= 0.6 is 0 Å². The molecule has 0 saturated carbocycles. The molecule has 0 amide bonds. The molecule has 74 valence electrons. The lowest BCUT2D eigenvalue weighted by Crippen LogP contribution is -2.12. The molecule has 2 nitrogen and oxygen atoms in total. The van der Waals surface area contributed by atoms with Crippen LogP contribution < -0.4 is 0 Å². The molecule has 0 aliphatic carbocycles. The first-order valence-electron chi connectivity index (χ1n) is 4.90. The van der Waals surface area contributed by atoms with Crippen LogP contribution in [0.4, 0.5) is 0 Å². The molecule has 0 N–H and O–H groups in total. The van der Waals surface area contributed by atoms with E-state index in [1.807, 2.05) is 13.0 Å². The Morgan fingerprint density at radius 1 is 1.31 bits per heavy atom. The summed E-state index contributed by atoms with van der Waals surface area (Å²) < 4.78 is 0. The zero-order valence-electron chi connectivity index (χ0n) is 9.01. The third kappa shape index (κ3) is 11.2. The molecule has 0 heterocycles. The summed E-state index contributed by atoms with van der Waals surface area (Å²) in [5, 5.41) is 0. The van der Waals surface area contributed by atoms with E-state index in [9.17, 15) is 0 Å². The fourth-order valence-electron chi connectivity index (χ4n) is 0.917. The maximum Gasteiger partial charge on any atom is 0.0462 e. The van der Waals surface area contributed by atoms with E-state index in [4.69, 9.17) is 0 Å². The highest BCUT2D eigenvalue weighted by atomic mass is 15.0.